The average molecular weight is 275 g/mol. The molecule has 0 saturated heterocycles. The first-order valence-electron chi connectivity index (χ1n) is 2.35. The van der Waals surface area contributed by atoms with Gasteiger partial charge in [0, 0.05) is 5.67 Å². The van der Waals surface area contributed by atoms with E-state index in [0.29, 0.717) is 5.67 Å². The number of halogens is 5. The summed E-state index contributed by atoms with van der Waals surface area (Å²) in [5, 5.41) is 0. The largest absolute Gasteiger partial charge is 0.341 e. The van der Waals surface area contributed by atoms with Crippen LogP contribution in [0.3, 0.4) is 0 Å². The predicted octanol–water partition coefficient (Wildman–Crippen LogP) is 3.83. The Morgan fingerprint density at radius 2 is 1.50 bits per heavy atom. The molecule has 10 heavy (non-hydrogen) atoms. The maximum absolute atomic E-state index is 5.77. The molecule has 0 saturated carbocycles. The highest BCUT2D eigenvalue weighted by Crippen LogP contribution is 2.34. The van der Waals surface area contributed by atoms with Crippen molar-refractivity contribution in [1.82, 2.24) is 0 Å². The topological polar surface area (TPSA) is 0 Å². The average Bonchev–Trinajstić information content (AvgIpc) is 1.60. The zero-order chi connectivity index (χ0) is 8.41. The van der Waals surface area contributed by atoms with E-state index in [1.165, 1.54) is 5.70 Å². The van der Waals surface area contributed by atoms with E-state index < -0.39 is 12.7 Å². The minimum Gasteiger partial charge on any atom is -0.141 e. The molecule has 7 heteroatoms. The minimum atomic E-state index is -2.67. The molecule has 0 aliphatic carbocycles. The summed E-state index contributed by atoms with van der Waals surface area (Å²) in [4.78, 5) is 0. The highest BCUT2D eigenvalue weighted by molar-refractivity contribution is 7.69. The number of rotatable bonds is 3. The van der Waals surface area contributed by atoms with Crippen LogP contribution in [0.25, 0.3) is 0 Å². The molecular formula is C3H5Cl5Si2. The van der Waals surface area contributed by atoms with Crippen LogP contribution >= 0.6 is 55.4 Å². The van der Waals surface area contributed by atoms with Crippen molar-refractivity contribution in [1.29, 1.82) is 0 Å². The minimum absolute atomic E-state index is 0.303. The summed E-state index contributed by atoms with van der Waals surface area (Å²) in [5.41, 5.74) is 1.79. The molecule has 0 aromatic heterocycles. The second-order valence-electron chi connectivity index (χ2n) is 1.76. The second-order valence-corrected chi connectivity index (χ2v) is 18.5. The Hall–Kier alpha value is 1.62. The molecule has 0 unspecified atom stereocenters. The summed E-state index contributed by atoms with van der Waals surface area (Å²) in [5.74, 6) is 0. The molecule has 0 atom stereocenters. The SMILES string of the molecule is C=C[Si](Cl)(Cl)C[Si](Cl)(Cl)Cl. The van der Waals surface area contributed by atoms with Gasteiger partial charge in [-0.2, -0.15) is 0 Å². The standard InChI is InChI=1S/C3H5Cl5Si2/c1-2-9(4,5)3-10(6,7)8/h2H,1,3H2. The van der Waals surface area contributed by atoms with E-state index in [9.17, 15) is 0 Å². The zero-order valence-corrected chi connectivity index (χ0v) is 10.7. The third-order valence-corrected chi connectivity index (χ3v) is 11.8. The molecule has 0 aliphatic heterocycles. The highest BCUT2D eigenvalue weighted by Gasteiger charge is 2.38. The maximum atomic E-state index is 5.77. The third-order valence-electron chi connectivity index (χ3n) is 0.735. The van der Waals surface area contributed by atoms with Crippen molar-refractivity contribution in [2.24, 2.45) is 0 Å². The molecule has 0 aromatic rings. The highest BCUT2D eigenvalue weighted by atomic mass is 35.8. The van der Waals surface area contributed by atoms with E-state index in [4.69, 9.17) is 55.4 Å². The molecule has 0 radical (unpaired) electrons. The van der Waals surface area contributed by atoms with Gasteiger partial charge in [-0.1, -0.05) is 5.70 Å². The van der Waals surface area contributed by atoms with Crippen molar-refractivity contribution in [3.8, 4) is 0 Å². The zero-order valence-electron chi connectivity index (χ0n) is 4.88. The fraction of sp³-hybridized carbons (Fsp3) is 0.333. The smallest absolute Gasteiger partial charge is 0.141 e. The van der Waals surface area contributed by atoms with Crippen molar-refractivity contribution in [2.75, 3.05) is 0 Å². The van der Waals surface area contributed by atoms with Gasteiger partial charge < -0.3 is 0 Å². The van der Waals surface area contributed by atoms with Gasteiger partial charge in [0.05, 0.1) is 0 Å². The van der Waals surface area contributed by atoms with Crippen molar-refractivity contribution >= 4 is 68.1 Å². The molecule has 0 heterocycles. The molecule has 0 rings (SSSR count). The predicted molar refractivity (Wildman–Crippen MR) is 55.8 cm³/mol. The van der Waals surface area contributed by atoms with E-state index in [2.05, 4.69) is 6.58 Å². The first-order chi connectivity index (χ1) is 4.27. The molecule has 0 nitrogen and oxygen atoms in total. The summed E-state index contributed by atoms with van der Waals surface area (Å²) >= 11 is 28.3. The quantitative estimate of drug-likeness (QED) is 0.542. The molecule has 0 amide bonds. The van der Waals surface area contributed by atoms with E-state index in [0.717, 1.165) is 0 Å². The van der Waals surface area contributed by atoms with Gasteiger partial charge in [0.1, 0.15) is 0 Å². The van der Waals surface area contributed by atoms with E-state index in [1.54, 1.807) is 0 Å². The molecule has 0 bridgehead atoms. The van der Waals surface area contributed by atoms with Crippen LogP contribution in [0.4, 0.5) is 0 Å². The lowest BCUT2D eigenvalue weighted by atomic mass is 11.3. The van der Waals surface area contributed by atoms with Crippen molar-refractivity contribution < 1.29 is 0 Å². The molecule has 0 aliphatic rings. The third kappa shape index (κ3) is 6.34. The number of hydrogen-bond donors (Lipinski definition) is 0. The molecular weight excluding hydrogens is 269 g/mol. The number of hydrogen-bond acceptors (Lipinski definition) is 0. The Kier molecular flexibility index (Phi) is 4.69. The van der Waals surface area contributed by atoms with Crippen molar-refractivity contribution in [3.63, 3.8) is 0 Å². The van der Waals surface area contributed by atoms with Gasteiger partial charge in [0.15, 0.2) is 0 Å². The van der Waals surface area contributed by atoms with Crippen LogP contribution in [0, 0.1) is 0 Å². The summed E-state index contributed by atoms with van der Waals surface area (Å²) in [6.07, 6.45) is 0. The van der Waals surface area contributed by atoms with E-state index in [1.807, 2.05) is 0 Å². The van der Waals surface area contributed by atoms with Gasteiger partial charge in [-0.3, -0.25) is 0 Å². The van der Waals surface area contributed by atoms with Gasteiger partial charge in [0.2, 0.25) is 0 Å². The fourth-order valence-electron chi connectivity index (χ4n) is 0.339. The summed E-state index contributed by atoms with van der Waals surface area (Å²) in [6.45, 7) is 1.02. The Labute approximate surface area is 85.6 Å². The molecule has 0 aromatic carbocycles. The van der Waals surface area contributed by atoms with Crippen molar-refractivity contribution in [2.45, 2.75) is 5.67 Å². The Morgan fingerprint density at radius 1 is 1.10 bits per heavy atom. The van der Waals surface area contributed by atoms with Crippen LogP contribution < -0.4 is 0 Å². The lowest BCUT2D eigenvalue weighted by molar-refractivity contribution is 1.96. The lowest BCUT2D eigenvalue weighted by Crippen LogP contribution is -2.26. The van der Waals surface area contributed by atoms with Gasteiger partial charge in [-0.25, -0.2) is 0 Å². The molecule has 0 fully saturated rings. The van der Waals surface area contributed by atoms with Gasteiger partial charge in [-0.05, 0) is 0 Å². The monoisotopic (exact) mass is 272 g/mol. The first kappa shape index (κ1) is 11.6. The Bertz CT molecular complexity index is 127. The molecule has 0 N–H and O–H groups in total. The van der Waals surface area contributed by atoms with Crippen LogP contribution in [0.2, 0.25) is 5.67 Å². The Balaban J connectivity index is 4.01. The van der Waals surface area contributed by atoms with Gasteiger partial charge >= 0.3 is 6.00 Å². The van der Waals surface area contributed by atoms with E-state index >= 15 is 0 Å². The van der Waals surface area contributed by atoms with Crippen LogP contribution in [-0.2, 0) is 0 Å². The lowest BCUT2D eigenvalue weighted by Gasteiger charge is -2.14. The summed E-state index contributed by atoms with van der Waals surface area (Å²) in [6, 6.07) is -2.67. The van der Waals surface area contributed by atoms with Crippen LogP contribution in [0.15, 0.2) is 12.3 Å². The van der Waals surface area contributed by atoms with E-state index in [-0.39, 0.29) is 0 Å². The maximum Gasteiger partial charge on any atom is 0.341 e. The van der Waals surface area contributed by atoms with Gasteiger partial charge in [0.25, 0.3) is 6.69 Å². The van der Waals surface area contributed by atoms with Crippen LogP contribution in [0.1, 0.15) is 0 Å². The summed E-state index contributed by atoms with van der Waals surface area (Å²) in [7, 11) is 0. The van der Waals surface area contributed by atoms with Crippen molar-refractivity contribution in [3.05, 3.63) is 12.3 Å². The van der Waals surface area contributed by atoms with Crippen LogP contribution in [0.5, 0.6) is 0 Å². The molecule has 60 valence electrons. The first-order valence-corrected chi connectivity index (χ1v) is 11.9. The normalized spacial score (nSPS) is 13.3. The summed E-state index contributed by atoms with van der Waals surface area (Å²) < 4.78 is 0. The molecule has 0 spiro atoms. The van der Waals surface area contributed by atoms with Gasteiger partial charge in [-0.15, -0.1) is 62.0 Å². The fourth-order valence-corrected chi connectivity index (χ4v) is 16.0. The Morgan fingerprint density at radius 3 is 1.60 bits per heavy atom. The second kappa shape index (κ2) is 4.03. The van der Waals surface area contributed by atoms with Crippen LogP contribution in [-0.4, -0.2) is 12.7 Å².